The third kappa shape index (κ3) is 3.13. The van der Waals surface area contributed by atoms with E-state index in [1.54, 1.807) is 44.2 Å². The zero-order valence-electron chi connectivity index (χ0n) is 17.6. The molecule has 156 valence electrons. The first kappa shape index (κ1) is 20.6. The number of benzene rings is 1. The van der Waals surface area contributed by atoms with Crippen molar-refractivity contribution in [1.82, 2.24) is 4.98 Å². The Morgan fingerprint density at radius 3 is 2.53 bits per heavy atom. The van der Waals surface area contributed by atoms with Crippen LogP contribution in [0.3, 0.4) is 0 Å². The van der Waals surface area contributed by atoms with Crippen LogP contribution < -0.4 is 5.73 Å². The molecule has 2 aromatic heterocycles. The number of carbonyl (C=O) groups is 1. The van der Waals surface area contributed by atoms with E-state index in [4.69, 9.17) is 10.2 Å². The van der Waals surface area contributed by atoms with Crippen molar-refractivity contribution in [1.29, 1.82) is 10.5 Å². The fourth-order valence-electron chi connectivity index (χ4n) is 3.98. The number of aromatic nitrogens is 1. The Labute approximate surface area is 184 Å². The quantitative estimate of drug-likeness (QED) is 0.608. The Kier molecular flexibility index (Phi) is 4.88. The molecule has 0 aliphatic heterocycles. The highest BCUT2D eigenvalue weighted by molar-refractivity contribution is 6.08. The van der Waals surface area contributed by atoms with Gasteiger partial charge in [-0.3, -0.25) is 0 Å². The standard InChI is InChI=1S/C25H18N4O3/c1-12-8-15(4-6-17(12)25(30)31)21-7-5-16(32-21)9-18-13(2)19(10-26)23-22(18)14(3)20(11-27)24(28)29-23/h4-9H,1-3H3,(H2,28,29)(H,30,31)/b18-9+. The number of nitrogens with zero attached hydrogens (tertiary/aromatic N) is 3. The number of hydrogen-bond donors (Lipinski definition) is 2. The van der Waals surface area contributed by atoms with E-state index in [1.165, 1.54) is 0 Å². The Hall–Kier alpha value is -4.62. The number of carboxylic acid groups (broad SMARTS) is 1. The maximum Gasteiger partial charge on any atom is 0.335 e. The Bertz CT molecular complexity index is 1460. The summed E-state index contributed by atoms with van der Waals surface area (Å²) >= 11 is 0. The van der Waals surface area contributed by atoms with Crippen molar-refractivity contribution in [2.75, 3.05) is 5.73 Å². The second-order valence-corrected chi connectivity index (χ2v) is 7.54. The van der Waals surface area contributed by atoms with Gasteiger partial charge in [0.05, 0.1) is 22.4 Å². The van der Waals surface area contributed by atoms with Gasteiger partial charge in [-0.15, -0.1) is 0 Å². The number of aromatic carboxylic acids is 1. The van der Waals surface area contributed by atoms with Crippen molar-refractivity contribution in [2.24, 2.45) is 0 Å². The molecule has 7 nitrogen and oxygen atoms in total. The van der Waals surface area contributed by atoms with E-state index < -0.39 is 5.97 Å². The molecule has 0 bridgehead atoms. The smallest absolute Gasteiger partial charge is 0.335 e. The molecule has 1 aromatic carbocycles. The van der Waals surface area contributed by atoms with Crippen molar-refractivity contribution >= 4 is 29.0 Å². The monoisotopic (exact) mass is 422 g/mol. The third-order valence-electron chi connectivity index (χ3n) is 5.64. The number of nitrogen functional groups attached to an aromatic ring is 1. The molecule has 0 atom stereocenters. The summed E-state index contributed by atoms with van der Waals surface area (Å²) in [5.41, 5.74) is 11.6. The van der Waals surface area contributed by atoms with Gasteiger partial charge in [-0.25, -0.2) is 9.78 Å². The van der Waals surface area contributed by atoms with Gasteiger partial charge < -0.3 is 15.3 Å². The maximum absolute atomic E-state index is 11.3. The van der Waals surface area contributed by atoms with Crippen LogP contribution in [0.4, 0.5) is 5.82 Å². The van der Waals surface area contributed by atoms with Crippen LogP contribution in [0.5, 0.6) is 0 Å². The molecule has 1 aliphatic carbocycles. The lowest BCUT2D eigenvalue weighted by molar-refractivity contribution is 0.0696. The number of rotatable bonds is 3. The molecule has 0 spiro atoms. The van der Waals surface area contributed by atoms with Crippen LogP contribution >= 0.6 is 0 Å². The summed E-state index contributed by atoms with van der Waals surface area (Å²) in [6.45, 7) is 5.35. The molecule has 0 saturated heterocycles. The summed E-state index contributed by atoms with van der Waals surface area (Å²) in [6, 6.07) is 12.9. The Morgan fingerprint density at radius 2 is 1.91 bits per heavy atom. The molecule has 0 fully saturated rings. The molecule has 3 aromatic rings. The van der Waals surface area contributed by atoms with Crippen LogP contribution in [-0.4, -0.2) is 16.1 Å². The number of nitrogens with two attached hydrogens (primary N) is 1. The first-order valence-corrected chi connectivity index (χ1v) is 9.75. The second-order valence-electron chi connectivity index (χ2n) is 7.54. The van der Waals surface area contributed by atoms with Gasteiger partial charge in [0.1, 0.15) is 29.5 Å². The normalized spacial score (nSPS) is 13.7. The number of hydrogen-bond acceptors (Lipinski definition) is 6. The first-order chi connectivity index (χ1) is 15.3. The van der Waals surface area contributed by atoms with Crippen LogP contribution in [0.25, 0.3) is 28.5 Å². The van der Waals surface area contributed by atoms with Crippen LogP contribution in [0.15, 0.2) is 40.3 Å². The van der Waals surface area contributed by atoms with Crippen LogP contribution in [0, 0.1) is 36.5 Å². The number of furan rings is 1. The molecule has 1 aliphatic rings. The molecule has 0 saturated carbocycles. The number of allylic oxidation sites excluding steroid dienone is 3. The molecular formula is C25H18N4O3. The van der Waals surface area contributed by atoms with Gasteiger partial charge in [0, 0.05) is 11.1 Å². The maximum atomic E-state index is 11.3. The van der Waals surface area contributed by atoms with Gasteiger partial charge in [0.25, 0.3) is 0 Å². The minimum absolute atomic E-state index is 0.103. The van der Waals surface area contributed by atoms with E-state index in [-0.39, 0.29) is 16.9 Å². The van der Waals surface area contributed by atoms with Crippen molar-refractivity contribution < 1.29 is 14.3 Å². The molecule has 3 N–H and O–H groups in total. The van der Waals surface area contributed by atoms with Crippen molar-refractivity contribution in [3.63, 3.8) is 0 Å². The average Bonchev–Trinajstić information content (AvgIpc) is 3.31. The molecule has 0 amide bonds. The number of fused-ring (bicyclic) bond motifs is 1. The molecule has 7 heteroatoms. The largest absolute Gasteiger partial charge is 0.478 e. The predicted molar refractivity (Wildman–Crippen MR) is 120 cm³/mol. The number of nitriles is 2. The zero-order chi connectivity index (χ0) is 23.2. The summed E-state index contributed by atoms with van der Waals surface area (Å²) in [5, 5.41) is 28.4. The van der Waals surface area contributed by atoms with Gasteiger partial charge in [-0.1, -0.05) is 6.07 Å². The van der Waals surface area contributed by atoms with E-state index >= 15 is 0 Å². The Balaban J connectivity index is 1.82. The highest BCUT2D eigenvalue weighted by atomic mass is 16.4. The minimum atomic E-state index is -0.976. The lowest BCUT2D eigenvalue weighted by atomic mass is 9.96. The van der Waals surface area contributed by atoms with Gasteiger partial charge in [0.2, 0.25) is 0 Å². The second kappa shape index (κ2) is 7.57. The van der Waals surface area contributed by atoms with Crippen molar-refractivity contribution in [2.45, 2.75) is 20.8 Å². The molecule has 32 heavy (non-hydrogen) atoms. The van der Waals surface area contributed by atoms with Gasteiger partial charge in [-0.05, 0) is 73.4 Å². The van der Waals surface area contributed by atoms with E-state index in [0.717, 1.165) is 16.7 Å². The van der Waals surface area contributed by atoms with E-state index in [9.17, 15) is 20.4 Å². The van der Waals surface area contributed by atoms with Gasteiger partial charge in [-0.2, -0.15) is 10.5 Å². The first-order valence-electron chi connectivity index (χ1n) is 9.75. The Morgan fingerprint density at radius 1 is 1.16 bits per heavy atom. The number of pyridine rings is 1. The molecule has 4 rings (SSSR count). The fraction of sp³-hybridized carbons (Fsp3) is 0.120. The molecule has 2 heterocycles. The number of carboxylic acids is 1. The van der Waals surface area contributed by atoms with E-state index in [0.29, 0.717) is 39.5 Å². The highest BCUT2D eigenvalue weighted by Gasteiger charge is 2.30. The molecule has 0 unspecified atom stereocenters. The third-order valence-corrected chi connectivity index (χ3v) is 5.64. The van der Waals surface area contributed by atoms with Crippen molar-refractivity contribution in [3.05, 3.63) is 75.2 Å². The van der Waals surface area contributed by atoms with Gasteiger partial charge in [0.15, 0.2) is 0 Å². The van der Waals surface area contributed by atoms with Crippen LogP contribution in [0.2, 0.25) is 0 Å². The lowest BCUT2D eigenvalue weighted by Crippen LogP contribution is -2.03. The van der Waals surface area contributed by atoms with Crippen LogP contribution in [0.1, 0.15) is 51.0 Å². The predicted octanol–water partition coefficient (Wildman–Crippen LogP) is 4.96. The highest BCUT2D eigenvalue weighted by Crippen LogP contribution is 2.44. The van der Waals surface area contributed by atoms with Crippen LogP contribution in [-0.2, 0) is 0 Å². The summed E-state index contributed by atoms with van der Waals surface area (Å²) in [6.07, 6.45) is 1.81. The fourth-order valence-corrected chi connectivity index (χ4v) is 3.98. The minimum Gasteiger partial charge on any atom is -0.478 e. The summed E-state index contributed by atoms with van der Waals surface area (Å²) in [7, 11) is 0. The van der Waals surface area contributed by atoms with Crippen molar-refractivity contribution in [3.8, 4) is 23.5 Å². The SMILES string of the molecule is CC1=C(C#N)c2nc(N)c(C#N)c(C)c2/C1=C/c1ccc(-c2ccc(C(=O)O)c(C)c2)o1. The van der Waals surface area contributed by atoms with Gasteiger partial charge >= 0.3 is 5.97 Å². The lowest BCUT2D eigenvalue weighted by Gasteiger charge is -2.10. The van der Waals surface area contributed by atoms with E-state index in [2.05, 4.69) is 17.1 Å². The number of aryl methyl sites for hydroxylation is 1. The average molecular weight is 422 g/mol. The zero-order valence-corrected chi connectivity index (χ0v) is 17.6. The molecular weight excluding hydrogens is 404 g/mol. The topological polar surface area (TPSA) is 137 Å². The molecule has 0 radical (unpaired) electrons. The van der Waals surface area contributed by atoms with E-state index in [1.807, 2.05) is 13.0 Å². The summed E-state index contributed by atoms with van der Waals surface area (Å²) in [4.78, 5) is 15.6. The summed E-state index contributed by atoms with van der Waals surface area (Å²) in [5.74, 6) is 0.262. The number of anilines is 1. The summed E-state index contributed by atoms with van der Waals surface area (Å²) < 4.78 is 6.00.